The molecule has 0 N–H and O–H groups in total. The first-order valence-electron chi connectivity index (χ1n) is 8.42. The molecule has 0 bridgehead atoms. The Morgan fingerprint density at radius 1 is 0.680 bits per heavy atom. The molecule has 0 spiro atoms. The number of hydrogen-bond acceptors (Lipinski definition) is 2. The number of hydrogen-bond donors (Lipinski definition) is 0. The number of carbonyl (C=O) groups excluding carboxylic acids is 1. The summed E-state index contributed by atoms with van der Waals surface area (Å²) in [4.78, 5) is 13.9. The van der Waals surface area contributed by atoms with E-state index in [9.17, 15) is 4.79 Å². The Morgan fingerprint density at radius 2 is 1.16 bits per heavy atom. The fraction of sp³-hybridized carbons (Fsp3) is 0.0870. The molecule has 3 aromatic rings. The van der Waals surface area contributed by atoms with Crippen molar-refractivity contribution in [1.82, 2.24) is 0 Å². The Bertz CT molecular complexity index is 846. The third-order valence-corrected chi connectivity index (χ3v) is 5.61. The van der Waals surface area contributed by atoms with Gasteiger partial charge in [-0.3, -0.25) is 4.79 Å². The van der Waals surface area contributed by atoms with Gasteiger partial charge in [-0.25, -0.2) is 0 Å². The minimum atomic E-state index is -0.148. The topological polar surface area (TPSA) is 17.1 Å². The second kappa shape index (κ2) is 7.12. The van der Waals surface area contributed by atoms with Crippen LogP contribution in [0.1, 0.15) is 22.6 Å². The highest BCUT2D eigenvalue weighted by Crippen LogP contribution is 2.45. The zero-order valence-corrected chi connectivity index (χ0v) is 14.5. The molecular formula is C23H18OS. The van der Waals surface area contributed by atoms with Crippen molar-refractivity contribution in [2.75, 3.05) is 0 Å². The molecule has 1 heterocycles. The highest BCUT2D eigenvalue weighted by atomic mass is 32.2. The molecule has 0 saturated carbocycles. The van der Waals surface area contributed by atoms with Crippen LogP contribution in [0.15, 0.2) is 97.1 Å². The number of thioether (sulfide) groups is 1. The number of rotatable bonds is 4. The van der Waals surface area contributed by atoms with Gasteiger partial charge in [0, 0.05) is 10.8 Å². The second-order valence-corrected chi connectivity index (χ2v) is 7.19. The molecule has 1 aliphatic heterocycles. The quantitative estimate of drug-likeness (QED) is 0.600. The van der Waals surface area contributed by atoms with Gasteiger partial charge in [-0.05, 0) is 16.7 Å². The van der Waals surface area contributed by atoms with E-state index in [1.165, 1.54) is 22.9 Å². The van der Waals surface area contributed by atoms with E-state index >= 15 is 0 Å². The van der Waals surface area contributed by atoms with Gasteiger partial charge in [0.15, 0.2) is 0 Å². The molecule has 0 aromatic heterocycles. The lowest BCUT2D eigenvalue weighted by molar-refractivity contribution is -0.113. The minimum Gasteiger partial charge on any atom is -0.286 e. The molecule has 0 radical (unpaired) electrons. The van der Waals surface area contributed by atoms with Gasteiger partial charge in [0.2, 0.25) is 5.12 Å². The summed E-state index contributed by atoms with van der Waals surface area (Å²) in [5.41, 5.74) is 3.47. The van der Waals surface area contributed by atoms with Crippen LogP contribution in [0.5, 0.6) is 0 Å². The molecule has 1 unspecified atom stereocenters. The lowest BCUT2D eigenvalue weighted by Gasteiger charge is -2.22. The Morgan fingerprint density at radius 3 is 1.68 bits per heavy atom. The van der Waals surface area contributed by atoms with Crippen LogP contribution >= 0.6 is 11.8 Å². The molecule has 3 aromatic carbocycles. The van der Waals surface area contributed by atoms with Gasteiger partial charge >= 0.3 is 0 Å². The Hall–Kier alpha value is -2.58. The highest BCUT2D eigenvalue weighted by molar-refractivity contribution is 8.21. The van der Waals surface area contributed by atoms with Crippen LogP contribution in [-0.2, 0) is 4.79 Å². The van der Waals surface area contributed by atoms with Gasteiger partial charge in [-0.1, -0.05) is 109 Å². The van der Waals surface area contributed by atoms with Crippen LogP contribution in [0.2, 0.25) is 0 Å². The van der Waals surface area contributed by atoms with Gasteiger partial charge in [0.25, 0.3) is 0 Å². The van der Waals surface area contributed by atoms with E-state index in [4.69, 9.17) is 0 Å². The molecule has 4 rings (SSSR count). The number of carbonyl (C=O) groups is 1. The lowest BCUT2D eigenvalue weighted by Crippen LogP contribution is -2.16. The average Bonchev–Trinajstić information content (AvgIpc) is 3.06. The van der Waals surface area contributed by atoms with Gasteiger partial charge in [-0.15, -0.1) is 0 Å². The van der Waals surface area contributed by atoms with Crippen molar-refractivity contribution in [3.8, 4) is 0 Å². The predicted molar refractivity (Wildman–Crippen MR) is 105 cm³/mol. The molecule has 1 aliphatic rings. The summed E-state index contributed by atoms with van der Waals surface area (Å²) in [5.74, 6) is -0.103. The fourth-order valence-corrected chi connectivity index (χ4v) is 4.38. The standard InChI is InChI=1S/C23H18OS/c24-23-20(16-21(25-23)17-10-4-1-5-11-17)22(18-12-6-2-7-13-18)19-14-8-3-9-15-19/h1-16,20,22H. The molecule has 25 heavy (non-hydrogen) atoms. The third-order valence-electron chi connectivity index (χ3n) is 4.55. The molecule has 1 atom stereocenters. The summed E-state index contributed by atoms with van der Waals surface area (Å²) in [6.07, 6.45) is 2.15. The van der Waals surface area contributed by atoms with Gasteiger partial charge in [0.1, 0.15) is 0 Å². The van der Waals surface area contributed by atoms with Crippen molar-refractivity contribution in [2.24, 2.45) is 5.92 Å². The van der Waals surface area contributed by atoms with E-state index in [2.05, 4.69) is 42.5 Å². The van der Waals surface area contributed by atoms with Crippen molar-refractivity contribution < 1.29 is 4.79 Å². The van der Waals surface area contributed by atoms with Crippen LogP contribution < -0.4 is 0 Å². The summed E-state index contributed by atoms with van der Waals surface area (Å²) in [7, 11) is 0. The minimum absolute atomic E-state index is 0.0450. The van der Waals surface area contributed by atoms with Crippen molar-refractivity contribution in [1.29, 1.82) is 0 Å². The zero-order chi connectivity index (χ0) is 17.1. The van der Waals surface area contributed by atoms with Gasteiger partial charge < -0.3 is 0 Å². The molecule has 2 heteroatoms. The van der Waals surface area contributed by atoms with Crippen LogP contribution in [0.3, 0.4) is 0 Å². The largest absolute Gasteiger partial charge is 0.286 e. The fourth-order valence-electron chi connectivity index (χ4n) is 3.36. The van der Waals surface area contributed by atoms with Crippen molar-refractivity contribution in [3.05, 3.63) is 114 Å². The molecule has 0 fully saturated rings. The predicted octanol–water partition coefficient (Wildman–Crippen LogP) is 5.75. The van der Waals surface area contributed by atoms with Crippen LogP contribution in [0, 0.1) is 5.92 Å². The maximum atomic E-state index is 12.9. The van der Waals surface area contributed by atoms with Crippen molar-refractivity contribution >= 4 is 21.8 Å². The van der Waals surface area contributed by atoms with Crippen LogP contribution in [0.4, 0.5) is 0 Å². The molecule has 1 nitrogen and oxygen atoms in total. The summed E-state index contributed by atoms with van der Waals surface area (Å²) in [6, 6.07) is 30.8. The van der Waals surface area contributed by atoms with Gasteiger partial charge in [0.05, 0.1) is 5.92 Å². The molecule has 122 valence electrons. The summed E-state index contributed by atoms with van der Waals surface area (Å²) in [5, 5.41) is 0.219. The molecule has 0 saturated heterocycles. The first-order chi connectivity index (χ1) is 12.3. The summed E-state index contributed by atoms with van der Waals surface area (Å²) >= 11 is 1.37. The Kier molecular flexibility index (Phi) is 4.53. The Labute approximate surface area is 152 Å². The average molecular weight is 342 g/mol. The van der Waals surface area contributed by atoms with E-state index in [1.807, 2.05) is 54.6 Å². The monoisotopic (exact) mass is 342 g/mol. The maximum Gasteiger partial charge on any atom is 0.201 e. The Balaban J connectivity index is 1.77. The van der Waals surface area contributed by atoms with E-state index in [1.54, 1.807) is 0 Å². The highest BCUT2D eigenvalue weighted by Gasteiger charge is 2.35. The second-order valence-electron chi connectivity index (χ2n) is 6.14. The van der Waals surface area contributed by atoms with E-state index in [0.717, 1.165) is 10.5 Å². The van der Waals surface area contributed by atoms with Crippen LogP contribution in [0.25, 0.3) is 4.91 Å². The SMILES string of the molecule is O=C1SC(c2ccccc2)=CC1C(c1ccccc1)c1ccccc1. The maximum absolute atomic E-state index is 12.9. The normalized spacial score (nSPS) is 16.9. The van der Waals surface area contributed by atoms with Crippen LogP contribution in [-0.4, -0.2) is 5.12 Å². The van der Waals surface area contributed by atoms with Crippen molar-refractivity contribution in [2.45, 2.75) is 5.92 Å². The number of benzene rings is 3. The molecule has 0 aliphatic carbocycles. The van der Waals surface area contributed by atoms with Crippen molar-refractivity contribution in [3.63, 3.8) is 0 Å². The summed E-state index contributed by atoms with van der Waals surface area (Å²) in [6.45, 7) is 0. The molecule has 0 amide bonds. The first kappa shape index (κ1) is 15.9. The first-order valence-corrected chi connectivity index (χ1v) is 9.23. The third kappa shape index (κ3) is 3.31. The number of allylic oxidation sites excluding steroid dienone is 1. The van der Waals surface area contributed by atoms with E-state index in [-0.39, 0.29) is 17.0 Å². The smallest absolute Gasteiger partial charge is 0.201 e. The lowest BCUT2D eigenvalue weighted by atomic mass is 9.81. The van der Waals surface area contributed by atoms with Gasteiger partial charge in [-0.2, -0.15) is 0 Å². The molecular weight excluding hydrogens is 324 g/mol. The summed E-state index contributed by atoms with van der Waals surface area (Å²) < 4.78 is 0. The van der Waals surface area contributed by atoms with E-state index < -0.39 is 0 Å². The van der Waals surface area contributed by atoms with E-state index in [0.29, 0.717) is 0 Å². The zero-order valence-electron chi connectivity index (χ0n) is 13.7.